The number of hydrogen-bond donors (Lipinski definition) is 1. The molecule has 0 saturated heterocycles. The Hall–Kier alpha value is -2.80. The molecule has 0 aromatic heterocycles. The number of nitrogens with zero attached hydrogens (tertiary/aromatic N) is 1. The number of benzene rings is 2. The van der Waals surface area contributed by atoms with Gasteiger partial charge in [-0.15, -0.1) is 0 Å². The Balaban J connectivity index is 2.49. The lowest BCUT2D eigenvalue weighted by Crippen LogP contribution is -2.24. The predicted octanol–water partition coefficient (Wildman–Crippen LogP) is 3.45. The van der Waals surface area contributed by atoms with Crippen LogP contribution in [0.2, 0.25) is 5.02 Å². The molecule has 0 atom stereocenters. The van der Waals surface area contributed by atoms with Crippen LogP contribution in [0.4, 0.5) is 10.1 Å². The maximum absolute atomic E-state index is 13.2. The molecule has 0 radical (unpaired) electrons. The molecular weight excluding hydrogens is 363 g/mol. The number of carbonyl (C=O) groups is 2. The summed E-state index contributed by atoms with van der Waals surface area (Å²) >= 11 is 5.93. The van der Waals surface area contributed by atoms with Crippen molar-refractivity contribution in [3.05, 3.63) is 52.3 Å². The summed E-state index contributed by atoms with van der Waals surface area (Å²) in [5.74, 6) is -0.804. The molecule has 0 unspecified atom stereocenters. The summed E-state index contributed by atoms with van der Waals surface area (Å²) in [4.78, 5) is 26.4. The minimum absolute atomic E-state index is 0.0385. The van der Waals surface area contributed by atoms with Crippen LogP contribution in [0.15, 0.2) is 30.3 Å². The lowest BCUT2D eigenvalue weighted by atomic mass is 10.1. The average molecular weight is 381 g/mol. The summed E-state index contributed by atoms with van der Waals surface area (Å²) in [6.07, 6.45) is 0. The molecule has 1 N–H and O–H groups in total. The van der Waals surface area contributed by atoms with E-state index >= 15 is 0 Å². The lowest BCUT2D eigenvalue weighted by molar-refractivity contribution is 0.0828. The van der Waals surface area contributed by atoms with E-state index in [1.807, 2.05) is 0 Å². The monoisotopic (exact) mass is 380 g/mol. The van der Waals surface area contributed by atoms with E-state index in [9.17, 15) is 14.0 Å². The van der Waals surface area contributed by atoms with E-state index in [0.717, 1.165) is 12.1 Å². The molecule has 2 rings (SSSR count). The summed E-state index contributed by atoms with van der Waals surface area (Å²) < 4.78 is 23.6. The Morgan fingerprint density at radius 2 is 1.65 bits per heavy atom. The Bertz CT molecular complexity index is 855. The smallest absolute Gasteiger partial charge is 0.257 e. The molecule has 0 saturated carbocycles. The van der Waals surface area contributed by atoms with Gasteiger partial charge in [-0.1, -0.05) is 11.6 Å². The van der Waals surface area contributed by atoms with E-state index in [1.54, 1.807) is 14.1 Å². The third kappa shape index (κ3) is 4.05. The van der Waals surface area contributed by atoms with Gasteiger partial charge < -0.3 is 19.7 Å². The number of nitrogens with one attached hydrogen (secondary N) is 1. The van der Waals surface area contributed by atoms with Gasteiger partial charge in [0.2, 0.25) is 0 Å². The van der Waals surface area contributed by atoms with Crippen molar-refractivity contribution in [1.29, 1.82) is 0 Å². The highest BCUT2D eigenvalue weighted by Gasteiger charge is 2.21. The molecule has 0 aliphatic carbocycles. The van der Waals surface area contributed by atoms with Crippen LogP contribution >= 0.6 is 11.6 Å². The van der Waals surface area contributed by atoms with Gasteiger partial charge in [0.25, 0.3) is 11.8 Å². The number of anilines is 1. The molecule has 8 heteroatoms. The largest absolute Gasteiger partial charge is 0.493 e. The summed E-state index contributed by atoms with van der Waals surface area (Å²) in [7, 11) is 6.05. The fourth-order valence-electron chi connectivity index (χ4n) is 2.26. The number of rotatable bonds is 5. The van der Waals surface area contributed by atoms with E-state index in [0.29, 0.717) is 11.5 Å². The molecule has 138 valence electrons. The summed E-state index contributed by atoms with van der Waals surface area (Å²) in [6, 6.07) is 6.38. The first-order valence-corrected chi connectivity index (χ1v) is 7.90. The van der Waals surface area contributed by atoms with Crippen molar-refractivity contribution < 1.29 is 23.5 Å². The molecule has 2 aromatic carbocycles. The molecule has 0 fully saturated rings. The zero-order valence-corrected chi connectivity index (χ0v) is 15.5. The van der Waals surface area contributed by atoms with Crippen LogP contribution < -0.4 is 14.8 Å². The van der Waals surface area contributed by atoms with Gasteiger partial charge in [0.05, 0.1) is 36.1 Å². The van der Waals surface area contributed by atoms with E-state index in [-0.39, 0.29) is 27.7 Å². The highest BCUT2D eigenvalue weighted by molar-refractivity contribution is 6.34. The van der Waals surface area contributed by atoms with Crippen molar-refractivity contribution in [2.75, 3.05) is 33.6 Å². The molecule has 0 bridgehead atoms. The van der Waals surface area contributed by atoms with E-state index < -0.39 is 11.7 Å². The van der Waals surface area contributed by atoms with Gasteiger partial charge in [0.15, 0.2) is 11.5 Å². The molecule has 0 heterocycles. The van der Waals surface area contributed by atoms with Crippen molar-refractivity contribution in [2.24, 2.45) is 0 Å². The van der Waals surface area contributed by atoms with Gasteiger partial charge in [-0.25, -0.2) is 4.39 Å². The second-order valence-electron chi connectivity index (χ2n) is 5.53. The Morgan fingerprint density at radius 1 is 1.04 bits per heavy atom. The fourth-order valence-corrected chi connectivity index (χ4v) is 2.52. The summed E-state index contributed by atoms with van der Waals surface area (Å²) in [5.41, 5.74) is 0.497. The predicted molar refractivity (Wildman–Crippen MR) is 96.9 cm³/mol. The first-order chi connectivity index (χ1) is 12.3. The third-order valence-electron chi connectivity index (χ3n) is 3.58. The van der Waals surface area contributed by atoms with Crippen LogP contribution in [0.3, 0.4) is 0 Å². The number of halogens is 2. The quantitative estimate of drug-likeness (QED) is 0.862. The summed E-state index contributed by atoms with van der Waals surface area (Å²) in [6.45, 7) is 0. The first-order valence-electron chi connectivity index (χ1n) is 7.52. The van der Waals surface area contributed by atoms with Crippen LogP contribution in [0.5, 0.6) is 11.5 Å². The van der Waals surface area contributed by atoms with Crippen LogP contribution in [-0.2, 0) is 0 Å². The van der Waals surface area contributed by atoms with E-state index in [2.05, 4.69) is 5.32 Å². The van der Waals surface area contributed by atoms with Gasteiger partial charge in [0.1, 0.15) is 5.82 Å². The number of hydrogen-bond acceptors (Lipinski definition) is 4. The van der Waals surface area contributed by atoms with Crippen LogP contribution in [0.1, 0.15) is 20.7 Å². The standard InChI is InChI=1S/C18H18ClFN2O4/c1-22(2)18(24)12-8-15(25-3)16(26-4)9-14(12)21-17(23)11-6-5-10(20)7-13(11)19/h5-9H,1-4H3,(H,21,23). The fraction of sp³-hybridized carbons (Fsp3) is 0.222. The maximum Gasteiger partial charge on any atom is 0.257 e. The summed E-state index contributed by atoms with van der Waals surface area (Å²) in [5, 5.41) is 2.58. The van der Waals surface area contributed by atoms with Gasteiger partial charge >= 0.3 is 0 Å². The van der Waals surface area contributed by atoms with Gasteiger partial charge in [-0.05, 0) is 24.3 Å². The number of amides is 2. The molecule has 0 spiro atoms. The molecule has 2 amide bonds. The molecule has 26 heavy (non-hydrogen) atoms. The highest BCUT2D eigenvalue weighted by atomic mass is 35.5. The zero-order chi connectivity index (χ0) is 19.4. The highest BCUT2D eigenvalue weighted by Crippen LogP contribution is 2.34. The van der Waals surface area contributed by atoms with E-state index in [1.165, 1.54) is 37.3 Å². The molecule has 6 nitrogen and oxygen atoms in total. The Morgan fingerprint density at radius 3 is 2.19 bits per heavy atom. The Labute approximate surface area is 155 Å². The molecule has 0 aliphatic rings. The second-order valence-corrected chi connectivity index (χ2v) is 5.94. The number of ether oxygens (including phenoxy) is 2. The van der Waals surface area contributed by atoms with Crippen molar-refractivity contribution in [2.45, 2.75) is 0 Å². The zero-order valence-electron chi connectivity index (χ0n) is 14.7. The molecule has 0 aliphatic heterocycles. The van der Waals surface area contributed by atoms with Crippen molar-refractivity contribution in [3.8, 4) is 11.5 Å². The SMILES string of the molecule is COc1cc(NC(=O)c2ccc(F)cc2Cl)c(C(=O)N(C)C)cc1OC. The lowest BCUT2D eigenvalue weighted by Gasteiger charge is -2.18. The van der Waals surface area contributed by atoms with Crippen LogP contribution in [0, 0.1) is 5.82 Å². The second kappa shape index (κ2) is 8.05. The first kappa shape index (κ1) is 19.5. The van der Waals surface area contributed by atoms with Gasteiger partial charge in [-0.3, -0.25) is 9.59 Å². The van der Waals surface area contributed by atoms with Crippen LogP contribution in [0.25, 0.3) is 0 Å². The minimum atomic E-state index is -0.588. The minimum Gasteiger partial charge on any atom is -0.493 e. The topological polar surface area (TPSA) is 67.9 Å². The third-order valence-corrected chi connectivity index (χ3v) is 3.90. The average Bonchev–Trinajstić information content (AvgIpc) is 2.60. The van der Waals surface area contributed by atoms with Gasteiger partial charge in [-0.2, -0.15) is 0 Å². The van der Waals surface area contributed by atoms with Crippen molar-refractivity contribution >= 4 is 29.1 Å². The maximum atomic E-state index is 13.2. The van der Waals surface area contributed by atoms with Gasteiger partial charge in [0, 0.05) is 20.2 Å². The van der Waals surface area contributed by atoms with Crippen molar-refractivity contribution in [3.63, 3.8) is 0 Å². The molecule has 2 aromatic rings. The van der Waals surface area contributed by atoms with Crippen molar-refractivity contribution in [1.82, 2.24) is 4.90 Å². The normalized spacial score (nSPS) is 10.2. The number of methoxy groups -OCH3 is 2. The van der Waals surface area contributed by atoms with Crippen LogP contribution in [-0.4, -0.2) is 45.0 Å². The van der Waals surface area contributed by atoms with E-state index in [4.69, 9.17) is 21.1 Å². The molecular formula is C18H18ClFN2O4. The Kier molecular flexibility index (Phi) is 6.05. The number of carbonyl (C=O) groups excluding carboxylic acids is 2.